The van der Waals surface area contributed by atoms with E-state index >= 15 is 0 Å². The standard InChI is InChI=1S/C8H15N3O2S/c1-10-3-2-5(12)7(13)6-4-11-8(9)14-6/h4-5,7,10,12-13H,2-3H2,1H3,(H2,9,11). The molecule has 0 aliphatic heterocycles. The van der Waals surface area contributed by atoms with Gasteiger partial charge in [0.2, 0.25) is 0 Å². The molecule has 2 unspecified atom stereocenters. The van der Waals surface area contributed by atoms with Crippen molar-refractivity contribution in [1.29, 1.82) is 0 Å². The lowest BCUT2D eigenvalue weighted by atomic mass is 10.1. The van der Waals surface area contributed by atoms with Crippen LogP contribution in [0.15, 0.2) is 6.20 Å². The quantitative estimate of drug-likeness (QED) is 0.545. The van der Waals surface area contributed by atoms with Gasteiger partial charge in [-0.1, -0.05) is 11.3 Å². The number of nitrogens with two attached hydrogens (primary N) is 1. The van der Waals surface area contributed by atoms with E-state index < -0.39 is 12.2 Å². The Bertz CT molecular complexity index is 279. The van der Waals surface area contributed by atoms with E-state index in [2.05, 4.69) is 10.3 Å². The van der Waals surface area contributed by atoms with Gasteiger partial charge in [0.1, 0.15) is 6.10 Å². The van der Waals surface area contributed by atoms with Crippen LogP contribution in [-0.2, 0) is 0 Å². The number of nitrogen functional groups attached to an aromatic ring is 1. The van der Waals surface area contributed by atoms with E-state index in [0.29, 0.717) is 23.0 Å². The molecule has 14 heavy (non-hydrogen) atoms. The van der Waals surface area contributed by atoms with Gasteiger partial charge >= 0.3 is 0 Å². The van der Waals surface area contributed by atoms with Crippen LogP contribution in [0, 0.1) is 0 Å². The predicted molar refractivity (Wildman–Crippen MR) is 56.0 cm³/mol. The van der Waals surface area contributed by atoms with Crippen molar-refractivity contribution in [3.63, 3.8) is 0 Å². The minimum absolute atomic E-state index is 0.403. The SMILES string of the molecule is CNCCC(O)C(O)c1cnc(N)s1. The zero-order valence-corrected chi connectivity index (χ0v) is 8.79. The van der Waals surface area contributed by atoms with Gasteiger partial charge in [-0.2, -0.15) is 0 Å². The van der Waals surface area contributed by atoms with E-state index in [-0.39, 0.29) is 0 Å². The average Bonchev–Trinajstić information content (AvgIpc) is 2.60. The van der Waals surface area contributed by atoms with Gasteiger partial charge in [0, 0.05) is 6.20 Å². The van der Waals surface area contributed by atoms with E-state index in [4.69, 9.17) is 5.73 Å². The highest BCUT2D eigenvalue weighted by Crippen LogP contribution is 2.25. The Morgan fingerprint density at radius 1 is 1.64 bits per heavy atom. The summed E-state index contributed by atoms with van der Waals surface area (Å²) in [4.78, 5) is 4.41. The molecule has 1 aromatic rings. The van der Waals surface area contributed by atoms with Crippen LogP contribution in [0.5, 0.6) is 0 Å². The fraction of sp³-hybridized carbons (Fsp3) is 0.625. The number of aromatic nitrogens is 1. The van der Waals surface area contributed by atoms with Gasteiger partial charge in [-0.15, -0.1) is 0 Å². The Kier molecular flexibility index (Phi) is 4.27. The Hall–Kier alpha value is -0.690. The van der Waals surface area contributed by atoms with Crippen molar-refractivity contribution in [3.8, 4) is 0 Å². The topological polar surface area (TPSA) is 91.4 Å². The van der Waals surface area contributed by atoms with Crippen molar-refractivity contribution in [2.75, 3.05) is 19.3 Å². The zero-order valence-electron chi connectivity index (χ0n) is 7.97. The molecule has 5 N–H and O–H groups in total. The first kappa shape index (κ1) is 11.4. The highest BCUT2D eigenvalue weighted by atomic mass is 32.1. The molecular formula is C8H15N3O2S. The lowest BCUT2D eigenvalue weighted by Crippen LogP contribution is -2.22. The first-order valence-electron chi connectivity index (χ1n) is 4.37. The van der Waals surface area contributed by atoms with Gasteiger partial charge in [-0.25, -0.2) is 4.98 Å². The number of aliphatic hydroxyl groups is 2. The van der Waals surface area contributed by atoms with Crippen molar-refractivity contribution >= 4 is 16.5 Å². The third-order valence-electron chi connectivity index (χ3n) is 1.89. The van der Waals surface area contributed by atoms with Gasteiger partial charge < -0.3 is 21.3 Å². The monoisotopic (exact) mass is 217 g/mol. The maximum absolute atomic E-state index is 9.67. The molecule has 0 aliphatic carbocycles. The lowest BCUT2D eigenvalue weighted by molar-refractivity contribution is 0.0160. The summed E-state index contributed by atoms with van der Waals surface area (Å²) in [6, 6.07) is 0. The second-order valence-corrected chi connectivity index (χ2v) is 4.10. The molecule has 0 bridgehead atoms. The second kappa shape index (κ2) is 5.26. The molecule has 0 amide bonds. The van der Waals surface area contributed by atoms with Crippen LogP contribution >= 0.6 is 11.3 Å². The van der Waals surface area contributed by atoms with E-state index in [0.717, 1.165) is 0 Å². The van der Waals surface area contributed by atoms with Crippen molar-refractivity contribution in [2.24, 2.45) is 0 Å². The predicted octanol–water partition coefficient (Wildman–Crippen LogP) is -0.271. The molecule has 0 saturated heterocycles. The number of hydrogen-bond acceptors (Lipinski definition) is 6. The number of hydrogen-bond donors (Lipinski definition) is 4. The van der Waals surface area contributed by atoms with Crippen molar-refractivity contribution in [2.45, 2.75) is 18.6 Å². The molecule has 1 heterocycles. The number of rotatable bonds is 5. The van der Waals surface area contributed by atoms with E-state index in [1.54, 1.807) is 7.05 Å². The van der Waals surface area contributed by atoms with Crippen LogP contribution in [0.3, 0.4) is 0 Å². The number of thiazole rings is 1. The summed E-state index contributed by atoms with van der Waals surface area (Å²) >= 11 is 1.19. The molecule has 0 fully saturated rings. The zero-order chi connectivity index (χ0) is 10.6. The van der Waals surface area contributed by atoms with Gasteiger partial charge in [0.25, 0.3) is 0 Å². The molecular weight excluding hydrogens is 202 g/mol. The van der Waals surface area contributed by atoms with E-state index in [1.807, 2.05) is 0 Å². The van der Waals surface area contributed by atoms with Crippen LogP contribution in [-0.4, -0.2) is 34.9 Å². The number of nitrogens with zero attached hydrogens (tertiary/aromatic N) is 1. The van der Waals surface area contributed by atoms with Crippen molar-refractivity contribution < 1.29 is 10.2 Å². The Labute approximate surface area is 86.6 Å². The highest BCUT2D eigenvalue weighted by molar-refractivity contribution is 7.15. The summed E-state index contributed by atoms with van der Waals surface area (Å²) < 4.78 is 0. The maximum atomic E-state index is 9.67. The fourth-order valence-electron chi connectivity index (χ4n) is 1.08. The molecule has 1 rings (SSSR count). The molecule has 5 nitrogen and oxygen atoms in total. The molecule has 0 spiro atoms. The van der Waals surface area contributed by atoms with Crippen LogP contribution in [0.2, 0.25) is 0 Å². The Balaban J connectivity index is 2.51. The molecule has 6 heteroatoms. The summed E-state index contributed by atoms with van der Waals surface area (Å²) in [6.45, 7) is 0.659. The minimum atomic E-state index is -0.891. The van der Waals surface area contributed by atoms with Gasteiger partial charge in [0.15, 0.2) is 5.13 Å². The van der Waals surface area contributed by atoms with Crippen molar-refractivity contribution in [1.82, 2.24) is 10.3 Å². The number of aliphatic hydroxyl groups excluding tert-OH is 2. The summed E-state index contributed by atoms with van der Waals surface area (Å²) in [5.74, 6) is 0. The third kappa shape index (κ3) is 2.91. The summed E-state index contributed by atoms with van der Waals surface area (Å²) in [6.07, 6.45) is 0.323. The first-order valence-corrected chi connectivity index (χ1v) is 5.18. The molecule has 2 atom stereocenters. The molecule has 1 aromatic heterocycles. The first-order chi connectivity index (χ1) is 6.65. The lowest BCUT2D eigenvalue weighted by Gasteiger charge is -2.15. The van der Waals surface area contributed by atoms with Crippen LogP contribution in [0.1, 0.15) is 17.4 Å². The van der Waals surface area contributed by atoms with E-state index in [9.17, 15) is 10.2 Å². The van der Waals surface area contributed by atoms with Crippen LogP contribution in [0.4, 0.5) is 5.13 Å². The molecule has 0 radical (unpaired) electrons. The second-order valence-electron chi connectivity index (χ2n) is 3.01. The van der Waals surface area contributed by atoms with Crippen molar-refractivity contribution in [3.05, 3.63) is 11.1 Å². The summed E-state index contributed by atoms with van der Waals surface area (Å²) in [5.41, 5.74) is 5.42. The van der Waals surface area contributed by atoms with Crippen LogP contribution < -0.4 is 11.1 Å². The van der Waals surface area contributed by atoms with E-state index in [1.165, 1.54) is 17.5 Å². The maximum Gasteiger partial charge on any atom is 0.180 e. The molecule has 80 valence electrons. The average molecular weight is 217 g/mol. The number of anilines is 1. The molecule has 0 saturated carbocycles. The summed E-state index contributed by atoms with van der Waals surface area (Å²) in [5, 5.41) is 22.5. The van der Waals surface area contributed by atoms with Crippen LogP contribution in [0.25, 0.3) is 0 Å². The number of nitrogens with one attached hydrogen (secondary N) is 1. The Morgan fingerprint density at radius 2 is 2.36 bits per heavy atom. The Morgan fingerprint density at radius 3 is 2.86 bits per heavy atom. The molecule has 0 aromatic carbocycles. The minimum Gasteiger partial charge on any atom is -0.390 e. The summed E-state index contributed by atoms with van der Waals surface area (Å²) in [7, 11) is 1.80. The van der Waals surface area contributed by atoms with Gasteiger partial charge in [-0.3, -0.25) is 0 Å². The largest absolute Gasteiger partial charge is 0.390 e. The normalized spacial score (nSPS) is 15.4. The highest BCUT2D eigenvalue weighted by Gasteiger charge is 2.19. The third-order valence-corrected chi connectivity index (χ3v) is 2.78. The fourth-order valence-corrected chi connectivity index (χ4v) is 1.81. The van der Waals surface area contributed by atoms with Gasteiger partial charge in [0.05, 0.1) is 11.0 Å². The smallest absolute Gasteiger partial charge is 0.180 e. The molecule has 0 aliphatic rings. The van der Waals surface area contributed by atoms with Gasteiger partial charge in [-0.05, 0) is 20.0 Å².